The summed E-state index contributed by atoms with van der Waals surface area (Å²) in [5, 5.41) is 24.2. The molecule has 0 aromatic carbocycles. The second-order valence-corrected chi connectivity index (χ2v) is 7.18. The van der Waals surface area contributed by atoms with Crippen molar-refractivity contribution in [2.45, 2.75) is 63.8 Å². The number of urea groups is 1. The number of carbonyl (C=O) groups is 2. The Morgan fingerprint density at radius 3 is 2.26 bits per heavy atom. The van der Waals surface area contributed by atoms with Gasteiger partial charge in [-0.15, -0.1) is 0 Å². The lowest BCUT2D eigenvalue weighted by molar-refractivity contribution is -0.142. The average molecular weight is 326 g/mol. The van der Waals surface area contributed by atoms with Crippen LogP contribution in [0.25, 0.3) is 0 Å². The highest BCUT2D eigenvalue weighted by Crippen LogP contribution is 2.30. The lowest BCUT2D eigenvalue weighted by atomic mass is 9.86. The largest absolute Gasteiger partial charge is 0.481 e. The summed E-state index contributed by atoms with van der Waals surface area (Å²) in [5.41, 5.74) is 0. The van der Waals surface area contributed by atoms with Crippen molar-refractivity contribution < 1.29 is 19.8 Å². The van der Waals surface area contributed by atoms with Crippen LogP contribution in [0.4, 0.5) is 4.79 Å². The van der Waals surface area contributed by atoms with Crippen LogP contribution in [-0.2, 0) is 4.79 Å². The number of aliphatic hydroxyl groups excluding tert-OH is 1. The third kappa shape index (κ3) is 6.01. The fourth-order valence-electron chi connectivity index (χ4n) is 3.90. The molecule has 2 aliphatic rings. The standard InChI is InChI=1S/C17H30N2O4/c20-11-13(9-12-3-1-2-4-12)10-18-17(23)19-15-7-5-14(6-8-15)16(21)22/h12-15,20H,1-11H2,(H,21,22)(H2,18,19,23). The highest BCUT2D eigenvalue weighted by atomic mass is 16.4. The van der Waals surface area contributed by atoms with Crippen LogP contribution in [0.1, 0.15) is 57.8 Å². The molecule has 0 saturated heterocycles. The van der Waals surface area contributed by atoms with Gasteiger partial charge in [-0.3, -0.25) is 4.79 Å². The average Bonchev–Trinajstić information content (AvgIpc) is 3.05. The summed E-state index contributed by atoms with van der Waals surface area (Å²) in [6.07, 6.45) is 8.74. The predicted molar refractivity (Wildman–Crippen MR) is 87.1 cm³/mol. The minimum atomic E-state index is -0.731. The Morgan fingerprint density at radius 2 is 1.70 bits per heavy atom. The van der Waals surface area contributed by atoms with Gasteiger partial charge in [-0.25, -0.2) is 4.79 Å². The van der Waals surface area contributed by atoms with Gasteiger partial charge in [-0.1, -0.05) is 25.7 Å². The first kappa shape index (κ1) is 18.0. The Balaban J connectivity index is 1.63. The number of hydrogen-bond donors (Lipinski definition) is 4. The van der Waals surface area contributed by atoms with E-state index in [-0.39, 0.29) is 30.5 Å². The van der Waals surface area contributed by atoms with Crippen molar-refractivity contribution in [2.75, 3.05) is 13.2 Å². The van der Waals surface area contributed by atoms with Crippen molar-refractivity contribution in [3.8, 4) is 0 Å². The van der Waals surface area contributed by atoms with Gasteiger partial charge in [0.2, 0.25) is 0 Å². The van der Waals surface area contributed by atoms with E-state index in [1.54, 1.807) is 0 Å². The van der Waals surface area contributed by atoms with E-state index in [0.29, 0.717) is 25.3 Å². The van der Waals surface area contributed by atoms with Crippen LogP contribution in [0, 0.1) is 17.8 Å². The molecule has 0 aromatic heterocycles. The second-order valence-electron chi connectivity index (χ2n) is 7.18. The summed E-state index contributed by atoms with van der Waals surface area (Å²) in [5.74, 6) is -0.165. The fraction of sp³-hybridized carbons (Fsp3) is 0.882. The van der Waals surface area contributed by atoms with Crippen LogP contribution in [0.2, 0.25) is 0 Å². The monoisotopic (exact) mass is 326 g/mol. The fourth-order valence-corrected chi connectivity index (χ4v) is 3.90. The van der Waals surface area contributed by atoms with Crippen LogP contribution in [-0.4, -0.2) is 41.4 Å². The second kappa shape index (κ2) is 9.11. The number of amides is 2. The molecule has 0 radical (unpaired) electrons. The summed E-state index contributed by atoms with van der Waals surface area (Å²) < 4.78 is 0. The van der Waals surface area contributed by atoms with Gasteiger partial charge < -0.3 is 20.8 Å². The molecule has 2 aliphatic carbocycles. The van der Waals surface area contributed by atoms with Crippen molar-refractivity contribution in [1.82, 2.24) is 10.6 Å². The summed E-state index contributed by atoms with van der Waals surface area (Å²) >= 11 is 0. The molecular formula is C17H30N2O4. The number of carbonyl (C=O) groups excluding carboxylic acids is 1. The zero-order valence-electron chi connectivity index (χ0n) is 13.8. The molecule has 1 unspecified atom stereocenters. The van der Waals surface area contributed by atoms with Crippen LogP contribution in [0.3, 0.4) is 0 Å². The van der Waals surface area contributed by atoms with Crippen LogP contribution < -0.4 is 10.6 Å². The smallest absolute Gasteiger partial charge is 0.315 e. The Bertz CT molecular complexity index is 388. The predicted octanol–water partition coefficient (Wildman–Crippen LogP) is 2.12. The van der Waals surface area contributed by atoms with E-state index in [9.17, 15) is 14.7 Å². The van der Waals surface area contributed by atoms with Gasteiger partial charge in [0, 0.05) is 19.2 Å². The number of nitrogens with one attached hydrogen (secondary N) is 2. The van der Waals surface area contributed by atoms with E-state index in [4.69, 9.17) is 5.11 Å². The topological polar surface area (TPSA) is 98.7 Å². The van der Waals surface area contributed by atoms with E-state index in [1.165, 1.54) is 25.7 Å². The Labute approximate surface area is 138 Å². The molecule has 2 saturated carbocycles. The van der Waals surface area contributed by atoms with Crippen LogP contribution in [0.5, 0.6) is 0 Å². The van der Waals surface area contributed by atoms with E-state index in [0.717, 1.165) is 19.3 Å². The third-order valence-electron chi connectivity index (χ3n) is 5.36. The first-order valence-electron chi connectivity index (χ1n) is 8.96. The van der Waals surface area contributed by atoms with Gasteiger partial charge in [0.25, 0.3) is 0 Å². The van der Waals surface area contributed by atoms with Crippen molar-refractivity contribution in [1.29, 1.82) is 0 Å². The first-order valence-corrected chi connectivity index (χ1v) is 8.96. The quantitative estimate of drug-likeness (QED) is 0.576. The molecule has 0 spiro atoms. The van der Waals surface area contributed by atoms with Gasteiger partial charge >= 0.3 is 12.0 Å². The molecule has 6 heteroatoms. The number of carboxylic acid groups (broad SMARTS) is 1. The normalized spacial score (nSPS) is 26.7. The molecular weight excluding hydrogens is 296 g/mol. The maximum Gasteiger partial charge on any atom is 0.315 e. The highest BCUT2D eigenvalue weighted by molar-refractivity contribution is 5.74. The van der Waals surface area contributed by atoms with E-state index < -0.39 is 5.97 Å². The molecule has 2 amide bonds. The third-order valence-corrected chi connectivity index (χ3v) is 5.36. The van der Waals surface area contributed by atoms with Crippen LogP contribution >= 0.6 is 0 Å². The number of aliphatic hydroxyl groups is 1. The molecule has 2 fully saturated rings. The molecule has 2 rings (SSSR count). The van der Waals surface area contributed by atoms with Crippen LogP contribution in [0.15, 0.2) is 0 Å². The van der Waals surface area contributed by atoms with Gasteiger partial charge in [0.05, 0.1) is 5.92 Å². The molecule has 0 heterocycles. The van der Waals surface area contributed by atoms with Gasteiger partial charge in [0.1, 0.15) is 0 Å². The summed E-state index contributed by atoms with van der Waals surface area (Å²) in [6, 6.07) is -0.137. The van der Waals surface area contributed by atoms with E-state index in [1.807, 2.05) is 0 Å². The summed E-state index contributed by atoms with van der Waals surface area (Å²) in [6.45, 7) is 0.615. The first-order chi connectivity index (χ1) is 11.1. The number of hydrogen-bond acceptors (Lipinski definition) is 3. The maximum atomic E-state index is 12.0. The number of carboxylic acids is 1. The van der Waals surface area contributed by atoms with Gasteiger partial charge in [-0.05, 0) is 43.9 Å². The molecule has 132 valence electrons. The summed E-state index contributed by atoms with van der Waals surface area (Å²) in [4.78, 5) is 22.9. The highest BCUT2D eigenvalue weighted by Gasteiger charge is 2.27. The molecule has 0 aliphatic heterocycles. The SMILES string of the molecule is O=C(NCC(CO)CC1CCCC1)NC1CCC(C(=O)O)CC1. The lowest BCUT2D eigenvalue weighted by Gasteiger charge is -2.27. The molecule has 4 N–H and O–H groups in total. The van der Waals surface area contributed by atoms with Crippen molar-refractivity contribution >= 4 is 12.0 Å². The summed E-state index contributed by atoms with van der Waals surface area (Å²) in [7, 11) is 0. The van der Waals surface area contributed by atoms with Crippen molar-refractivity contribution in [2.24, 2.45) is 17.8 Å². The van der Waals surface area contributed by atoms with Gasteiger partial charge in [-0.2, -0.15) is 0 Å². The minimum absolute atomic E-state index is 0.0630. The van der Waals surface area contributed by atoms with E-state index in [2.05, 4.69) is 10.6 Å². The van der Waals surface area contributed by atoms with E-state index >= 15 is 0 Å². The number of rotatable bonds is 7. The van der Waals surface area contributed by atoms with Crippen molar-refractivity contribution in [3.63, 3.8) is 0 Å². The molecule has 0 aromatic rings. The molecule has 1 atom stereocenters. The number of aliphatic carboxylic acids is 1. The molecule has 6 nitrogen and oxygen atoms in total. The van der Waals surface area contributed by atoms with Gasteiger partial charge in [0.15, 0.2) is 0 Å². The lowest BCUT2D eigenvalue weighted by Crippen LogP contribution is -2.45. The zero-order chi connectivity index (χ0) is 16.7. The maximum absolute atomic E-state index is 12.0. The minimum Gasteiger partial charge on any atom is -0.481 e. The Morgan fingerprint density at radius 1 is 1.04 bits per heavy atom. The zero-order valence-corrected chi connectivity index (χ0v) is 13.8. The molecule has 0 bridgehead atoms. The molecule has 23 heavy (non-hydrogen) atoms. The Hall–Kier alpha value is -1.30. The Kier molecular flexibility index (Phi) is 7.15. The van der Waals surface area contributed by atoms with Crippen molar-refractivity contribution in [3.05, 3.63) is 0 Å².